The second-order valence-electron chi connectivity index (χ2n) is 9.85. The van der Waals surface area contributed by atoms with Gasteiger partial charge in [0, 0.05) is 33.4 Å². The molecule has 0 atom stereocenters. The van der Waals surface area contributed by atoms with Crippen molar-refractivity contribution in [3.8, 4) is 66.8 Å². The monoisotopic (exact) mass is 605 g/mol. The van der Waals surface area contributed by atoms with Crippen LogP contribution in [0.5, 0.6) is 0 Å². The molecule has 0 spiro atoms. The lowest BCUT2D eigenvalue weighted by atomic mass is 9.86. The van der Waals surface area contributed by atoms with Crippen LogP contribution in [-0.4, -0.2) is 0 Å². The maximum atomic E-state index is 10.6. The third-order valence-electron chi connectivity index (χ3n) is 7.75. The Kier molecular flexibility index (Phi) is 7.58. The van der Waals surface area contributed by atoms with Gasteiger partial charge in [0.1, 0.15) is 77.9 Å². The molecule has 0 aromatic heterocycles. The molecule has 0 unspecified atom stereocenters. The van der Waals surface area contributed by atoms with E-state index in [0.717, 1.165) is 0 Å². The Morgan fingerprint density at radius 3 is 1.06 bits per heavy atom. The third kappa shape index (κ3) is 4.19. The van der Waals surface area contributed by atoms with Crippen molar-refractivity contribution in [2.24, 2.45) is 0 Å². The van der Waals surface area contributed by atoms with Crippen molar-refractivity contribution in [2.45, 2.75) is 0 Å². The van der Waals surface area contributed by atoms with Crippen molar-refractivity contribution in [1.29, 1.82) is 57.9 Å². The molecule has 0 aliphatic heterocycles. The van der Waals surface area contributed by atoms with E-state index in [9.17, 15) is 57.9 Å². The van der Waals surface area contributed by atoms with E-state index in [1.807, 2.05) is 66.8 Å². The number of allylic oxidation sites excluding steroid dienone is 8. The molecule has 0 saturated carbocycles. The standard InChI is InChI=1S/C37H7N11/c38-8-21-3-1-19(5-23(21)10-40)32-29(16-46)36-27(34(32)25(12-42)13-43)7-28-35(26(14-44)15-45)33(30(17-47)37(28)31(36)18-48)20-2-4-22(9-39)24(6-20)11-41/h1-7H. The van der Waals surface area contributed by atoms with E-state index < -0.39 is 11.1 Å². The summed E-state index contributed by atoms with van der Waals surface area (Å²) in [6.07, 6.45) is 0. The Hall–Kier alpha value is -8.99. The summed E-state index contributed by atoms with van der Waals surface area (Å²) in [6, 6.07) is 30.5. The van der Waals surface area contributed by atoms with Crippen LogP contribution in [0, 0.1) is 125 Å². The Labute approximate surface area is 272 Å². The second-order valence-corrected chi connectivity index (χ2v) is 9.85. The molecule has 0 N–H and O–H groups in total. The highest BCUT2D eigenvalue weighted by molar-refractivity contribution is 6.31. The van der Waals surface area contributed by atoms with Crippen LogP contribution in [0.4, 0.5) is 0 Å². The molecule has 2 aliphatic rings. The summed E-state index contributed by atoms with van der Waals surface area (Å²) in [4.78, 5) is 0. The molecule has 5 rings (SSSR count). The molecule has 0 radical (unpaired) electrons. The van der Waals surface area contributed by atoms with Crippen LogP contribution >= 0.6 is 0 Å². The molecule has 3 aromatic carbocycles. The average molecular weight is 606 g/mol. The van der Waals surface area contributed by atoms with Gasteiger partial charge in [0.15, 0.2) is 0 Å². The van der Waals surface area contributed by atoms with Crippen LogP contribution in [-0.2, 0) is 0 Å². The molecule has 11 heteroatoms. The molecular weight excluding hydrogens is 598 g/mol. The predicted octanol–water partition coefficient (Wildman–Crippen LogP) is 5.54. The van der Waals surface area contributed by atoms with E-state index in [1.54, 1.807) is 0 Å². The van der Waals surface area contributed by atoms with Crippen molar-refractivity contribution in [3.63, 3.8) is 0 Å². The fourth-order valence-corrected chi connectivity index (χ4v) is 5.85. The summed E-state index contributed by atoms with van der Waals surface area (Å²) in [6.45, 7) is 0. The van der Waals surface area contributed by atoms with Gasteiger partial charge < -0.3 is 0 Å². The highest BCUT2D eigenvalue weighted by Gasteiger charge is 2.40. The summed E-state index contributed by atoms with van der Waals surface area (Å²) >= 11 is 0. The van der Waals surface area contributed by atoms with Crippen LogP contribution in [0.25, 0.3) is 33.4 Å². The van der Waals surface area contributed by atoms with E-state index in [2.05, 4.69) is 0 Å². The second kappa shape index (κ2) is 11.9. The first-order valence-corrected chi connectivity index (χ1v) is 13.3. The van der Waals surface area contributed by atoms with Gasteiger partial charge in [-0.1, -0.05) is 12.1 Å². The van der Waals surface area contributed by atoms with Crippen molar-refractivity contribution < 1.29 is 0 Å². The molecule has 0 bridgehead atoms. The zero-order valence-corrected chi connectivity index (χ0v) is 24.0. The first kappa shape index (κ1) is 30.5. The number of benzene rings is 3. The predicted molar refractivity (Wildman–Crippen MR) is 164 cm³/mol. The lowest BCUT2D eigenvalue weighted by molar-refractivity contribution is 1.41. The minimum absolute atomic E-state index is 0.0200. The Balaban J connectivity index is 2.03. The highest BCUT2D eigenvalue weighted by atomic mass is 14.4. The molecule has 0 fully saturated rings. The summed E-state index contributed by atoms with van der Waals surface area (Å²) in [5.41, 5.74) is -1.25. The van der Waals surface area contributed by atoms with Gasteiger partial charge in [-0.05, 0) is 52.6 Å². The minimum Gasteiger partial charge on any atom is -0.192 e. The lowest BCUT2D eigenvalue weighted by Gasteiger charge is -2.13. The van der Waals surface area contributed by atoms with Crippen molar-refractivity contribution >= 4 is 33.4 Å². The first-order valence-electron chi connectivity index (χ1n) is 13.3. The molecule has 210 valence electrons. The van der Waals surface area contributed by atoms with Crippen molar-refractivity contribution in [3.05, 3.63) is 115 Å². The van der Waals surface area contributed by atoms with E-state index >= 15 is 0 Å². The number of hydrogen-bond donors (Lipinski definition) is 0. The van der Waals surface area contributed by atoms with E-state index in [1.165, 1.54) is 42.5 Å². The molecule has 0 amide bonds. The maximum absolute atomic E-state index is 10.6. The van der Waals surface area contributed by atoms with Crippen LogP contribution in [0.15, 0.2) is 53.6 Å². The Morgan fingerprint density at radius 2 is 0.771 bits per heavy atom. The smallest absolute Gasteiger partial charge is 0.138 e. The summed E-state index contributed by atoms with van der Waals surface area (Å²) in [7, 11) is 0. The van der Waals surface area contributed by atoms with Crippen LogP contribution in [0.3, 0.4) is 0 Å². The van der Waals surface area contributed by atoms with Crippen LogP contribution < -0.4 is 0 Å². The Morgan fingerprint density at radius 1 is 0.396 bits per heavy atom. The normalized spacial score (nSPS) is 11.7. The molecule has 0 saturated heterocycles. The van der Waals surface area contributed by atoms with Crippen molar-refractivity contribution in [2.75, 3.05) is 0 Å². The molecule has 11 nitrogen and oxygen atoms in total. The van der Waals surface area contributed by atoms with Gasteiger partial charge >= 0.3 is 0 Å². The topological polar surface area (TPSA) is 262 Å². The number of fused-ring (bicyclic) bond motifs is 2. The van der Waals surface area contributed by atoms with Gasteiger partial charge in [-0.3, -0.25) is 0 Å². The maximum Gasteiger partial charge on any atom is 0.138 e. The van der Waals surface area contributed by atoms with Gasteiger partial charge in [0.2, 0.25) is 0 Å². The van der Waals surface area contributed by atoms with E-state index in [0.29, 0.717) is 0 Å². The Bertz CT molecular complexity index is 2510. The first-order chi connectivity index (χ1) is 23.4. The van der Waals surface area contributed by atoms with Gasteiger partial charge in [-0.25, -0.2) is 0 Å². The summed E-state index contributed by atoms with van der Waals surface area (Å²) < 4.78 is 0. The van der Waals surface area contributed by atoms with E-state index in [-0.39, 0.29) is 94.6 Å². The molecule has 48 heavy (non-hydrogen) atoms. The summed E-state index contributed by atoms with van der Waals surface area (Å²) in [5, 5.41) is 110. The SMILES string of the molecule is N#CC(C#N)=C1C(c2ccc(C#N)c(C#N)c2)=C(C#N)c2c1cc1c(c2C#N)C(C#N)=C(c2ccc(C#N)c(C#N)c2)C1=C(C#N)C#N. The number of hydrogen-bond acceptors (Lipinski definition) is 11. The lowest BCUT2D eigenvalue weighted by Crippen LogP contribution is -2.00. The average Bonchev–Trinajstić information content (AvgIpc) is 3.63. The zero-order chi connectivity index (χ0) is 34.7. The van der Waals surface area contributed by atoms with Gasteiger partial charge in [-0.2, -0.15) is 57.9 Å². The highest BCUT2D eigenvalue weighted by Crippen LogP contribution is 2.56. The van der Waals surface area contributed by atoms with Gasteiger partial charge in [-0.15, -0.1) is 0 Å². The number of nitrogens with zero attached hydrogens (tertiary/aromatic N) is 11. The van der Waals surface area contributed by atoms with Gasteiger partial charge in [0.05, 0.1) is 39.0 Å². The van der Waals surface area contributed by atoms with E-state index in [4.69, 9.17) is 0 Å². The molecule has 3 aromatic rings. The van der Waals surface area contributed by atoms with Gasteiger partial charge in [0.25, 0.3) is 0 Å². The third-order valence-corrected chi connectivity index (χ3v) is 7.75. The van der Waals surface area contributed by atoms with Crippen LogP contribution in [0.2, 0.25) is 0 Å². The fourth-order valence-electron chi connectivity index (χ4n) is 5.85. The minimum atomic E-state index is -0.466. The quantitative estimate of drug-likeness (QED) is 0.327. The molecular formula is C37H7N11. The fraction of sp³-hybridized carbons (Fsp3) is 0. The largest absolute Gasteiger partial charge is 0.192 e. The van der Waals surface area contributed by atoms with Crippen LogP contribution in [0.1, 0.15) is 61.2 Å². The zero-order valence-electron chi connectivity index (χ0n) is 24.0. The molecule has 0 heterocycles. The van der Waals surface area contributed by atoms with Crippen molar-refractivity contribution in [1.82, 2.24) is 0 Å². The molecule has 2 aliphatic carbocycles. The number of rotatable bonds is 2. The summed E-state index contributed by atoms with van der Waals surface area (Å²) in [5.74, 6) is 0. The number of nitriles is 11.